The van der Waals surface area contributed by atoms with Crippen molar-refractivity contribution in [2.75, 3.05) is 19.8 Å². The smallest absolute Gasteiger partial charge is 0.220 e. The van der Waals surface area contributed by atoms with Gasteiger partial charge in [0.15, 0.2) is 12.6 Å². The zero-order valence-corrected chi connectivity index (χ0v) is 49.7. The first kappa shape index (κ1) is 73.5. The number of ether oxygens (including phenoxy) is 4. The van der Waals surface area contributed by atoms with E-state index in [4.69, 9.17) is 18.9 Å². The minimum atomic E-state index is -1.80. The van der Waals surface area contributed by atoms with Crippen LogP contribution >= 0.6 is 0 Å². The molecular formula is C67H111NO13. The second-order valence-electron chi connectivity index (χ2n) is 21.5. The van der Waals surface area contributed by atoms with Crippen LogP contribution in [0.3, 0.4) is 0 Å². The van der Waals surface area contributed by atoms with Gasteiger partial charge in [-0.25, -0.2) is 0 Å². The summed E-state index contributed by atoms with van der Waals surface area (Å²) in [7, 11) is 0. The number of hydrogen-bond donors (Lipinski definition) is 9. The zero-order chi connectivity index (χ0) is 58.8. The molecule has 81 heavy (non-hydrogen) atoms. The molecule has 462 valence electrons. The quantitative estimate of drug-likeness (QED) is 0.0204. The molecule has 12 atom stereocenters. The van der Waals surface area contributed by atoms with Crippen LogP contribution in [0.1, 0.15) is 200 Å². The molecule has 0 radical (unpaired) electrons. The van der Waals surface area contributed by atoms with Gasteiger partial charge in [0, 0.05) is 6.42 Å². The number of allylic oxidation sites excluding steroid dienone is 19. The van der Waals surface area contributed by atoms with E-state index < -0.39 is 86.8 Å². The van der Waals surface area contributed by atoms with Crippen LogP contribution in [-0.2, 0) is 23.7 Å². The van der Waals surface area contributed by atoms with E-state index in [0.717, 1.165) is 109 Å². The highest BCUT2D eigenvalue weighted by atomic mass is 16.7. The number of rotatable bonds is 48. The van der Waals surface area contributed by atoms with Gasteiger partial charge in [0.05, 0.1) is 32.0 Å². The van der Waals surface area contributed by atoms with Gasteiger partial charge in [-0.2, -0.15) is 0 Å². The molecule has 0 saturated carbocycles. The van der Waals surface area contributed by atoms with Crippen LogP contribution in [0, 0.1) is 0 Å². The van der Waals surface area contributed by atoms with Gasteiger partial charge in [0.2, 0.25) is 5.91 Å². The number of unbranched alkanes of at least 4 members (excludes halogenated alkanes) is 17. The molecule has 2 fully saturated rings. The standard InChI is InChI=1S/C67H111NO13/c1-3-5-7-9-11-13-15-17-19-20-21-22-23-24-25-26-27-28-29-30-31-32-33-34-35-36-37-39-41-43-45-47-49-51-59(72)68-55(56(71)50-48-46-44-42-40-38-18-16-14-12-10-8-6-4-2)54-78-66-64(77)62(75)65(58(53-70)80-66)81-67-63(76)61(74)60(73)57(52-69)79-67/h5,7,11,13,17,19,21-22,24-25,27-28,30-31,33-34,36-37,48,50,55-58,60-67,69-71,73-77H,3-4,6,8-10,12,14-16,18,20,23,26,29,32,35,38-47,49,51-54H2,1-2H3,(H,68,72)/b7-5-,13-11-,19-17-,22-21-,25-24-,28-27-,31-30-,34-33-,37-36-,50-48+. The van der Waals surface area contributed by atoms with Gasteiger partial charge in [-0.1, -0.05) is 225 Å². The highest BCUT2D eigenvalue weighted by molar-refractivity contribution is 5.76. The summed E-state index contributed by atoms with van der Waals surface area (Å²) in [5.74, 6) is -0.264. The van der Waals surface area contributed by atoms with Crippen molar-refractivity contribution in [1.82, 2.24) is 5.32 Å². The molecule has 1 amide bonds. The molecule has 0 aromatic rings. The van der Waals surface area contributed by atoms with Crippen molar-refractivity contribution >= 4 is 5.91 Å². The molecule has 9 N–H and O–H groups in total. The Balaban J connectivity index is 1.71. The van der Waals surface area contributed by atoms with E-state index in [2.05, 4.69) is 129 Å². The molecule has 0 spiro atoms. The largest absolute Gasteiger partial charge is 0.394 e. The van der Waals surface area contributed by atoms with E-state index in [1.165, 1.54) is 64.2 Å². The van der Waals surface area contributed by atoms with E-state index in [-0.39, 0.29) is 18.9 Å². The van der Waals surface area contributed by atoms with Crippen molar-refractivity contribution in [2.45, 2.75) is 274 Å². The summed E-state index contributed by atoms with van der Waals surface area (Å²) in [6, 6.07) is -0.934. The average Bonchev–Trinajstić information content (AvgIpc) is 3.47. The second kappa shape index (κ2) is 50.9. The third-order valence-electron chi connectivity index (χ3n) is 14.4. The van der Waals surface area contributed by atoms with Gasteiger partial charge < -0.3 is 65.1 Å². The van der Waals surface area contributed by atoms with Crippen LogP contribution in [-0.4, -0.2) is 140 Å². The number of amides is 1. The highest BCUT2D eigenvalue weighted by Gasteiger charge is 2.51. The summed E-state index contributed by atoms with van der Waals surface area (Å²) < 4.78 is 22.8. The van der Waals surface area contributed by atoms with Crippen molar-refractivity contribution in [1.29, 1.82) is 0 Å². The molecule has 2 rings (SSSR count). The molecule has 14 heteroatoms. The van der Waals surface area contributed by atoms with E-state index in [9.17, 15) is 45.6 Å². The fraction of sp³-hybridized carbons (Fsp3) is 0.687. The minimum Gasteiger partial charge on any atom is -0.394 e. The van der Waals surface area contributed by atoms with Crippen LogP contribution in [0.5, 0.6) is 0 Å². The van der Waals surface area contributed by atoms with Gasteiger partial charge in [-0.05, 0) is 89.9 Å². The van der Waals surface area contributed by atoms with Crippen LogP contribution < -0.4 is 5.32 Å². The molecule has 2 aliphatic rings. The molecule has 2 heterocycles. The van der Waals surface area contributed by atoms with Crippen LogP contribution in [0.25, 0.3) is 0 Å². The fourth-order valence-corrected chi connectivity index (χ4v) is 9.40. The molecule has 0 aromatic carbocycles. The molecule has 12 unspecified atom stereocenters. The molecule has 0 bridgehead atoms. The third kappa shape index (κ3) is 36.0. The maximum atomic E-state index is 13.3. The number of aliphatic hydroxyl groups is 8. The summed E-state index contributed by atoms with van der Waals surface area (Å²) in [4.78, 5) is 13.3. The minimum absolute atomic E-state index is 0.251. The summed E-state index contributed by atoms with van der Waals surface area (Å²) in [6.07, 6.45) is 56.6. The zero-order valence-electron chi connectivity index (χ0n) is 49.7. The maximum absolute atomic E-state index is 13.3. The van der Waals surface area contributed by atoms with E-state index in [0.29, 0.717) is 6.42 Å². The third-order valence-corrected chi connectivity index (χ3v) is 14.4. The van der Waals surface area contributed by atoms with Crippen LogP contribution in [0.15, 0.2) is 122 Å². The Morgan fingerprint density at radius 3 is 1.31 bits per heavy atom. The van der Waals surface area contributed by atoms with Crippen molar-refractivity contribution in [3.05, 3.63) is 122 Å². The van der Waals surface area contributed by atoms with Crippen LogP contribution in [0.4, 0.5) is 0 Å². The lowest BCUT2D eigenvalue weighted by Gasteiger charge is -2.46. The molecule has 2 aliphatic heterocycles. The molecule has 2 saturated heterocycles. The summed E-state index contributed by atoms with van der Waals surface area (Å²) in [5.41, 5.74) is 0. The number of aliphatic hydroxyl groups excluding tert-OH is 8. The monoisotopic (exact) mass is 1140 g/mol. The fourth-order valence-electron chi connectivity index (χ4n) is 9.40. The predicted octanol–water partition coefficient (Wildman–Crippen LogP) is 11.4. The second-order valence-corrected chi connectivity index (χ2v) is 21.5. The number of carbonyl (C=O) groups excluding carboxylic acids is 1. The lowest BCUT2D eigenvalue weighted by atomic mass is 9.97. The molecule has 0 aromatic heterocycles. The first-order valence-corrected chi connectivity index (χ1v) is 31.3. The number of hydrogen-bond acceptors (Lipinski definition) is 13. The number of carbonyl (C=O) groups is 1. The van der Waals surface area contributed by atoms with Gasteiger partial charge in [0.1, 0.15) is 48.8 Å². The summed E-state index contributed by atoms with van der Waals surface area (Å²) in [5, 5.41) is 87.1. The van der Waals surface area contributed by atoms with Gasteiger partial charge >= 0.3 is 0 Å². The SMILES string of the molecule is CC/C=C\C/C=C\C/C=C\C/C=C\C/C=C\C/C=C\C/C=C\C/C=C\C/C=C\CCCCCCCC(=O)NC(COC1OC(CO)C(OC2OC(CO)C(O)C(O)C2O)C(O)C1O)C(O)/C=C/CCCCCCCCCCCCCC. The van der Waals surface area contributed by atoms with Crippen molar-refractivity contribution < 1.29 is 64.6 Å². The summed E-state index contributed by atoms with van der Waals surface area (Å²) >= 11 is 0. The normalized spacial score (nSPS) is 25.0. The van der Waals surface area contributed by atoms with Crippen molar-refractivity contribution in [3.8, 4) is 0 Å². The Bertz CT molecular complexity index is 1820. The Kier molecular flexibility index (Phi) is 46.1. The van der Waals surface area contributed by atoms with Gasteiger partial charge in [-0.15, -0.1) is 0 Å². The Morgan fingerprint density at radius 2 is 0.852 bits per heavy atom. The molecule has 0 aliphatic carbocycles. The van der Waals surface area contributed by atoms with E-state index in [1.807, 2.05) is 6.08 Å². The maximum Gasteiger partial charge on any atom is 0.220 e. The first-order valence-electron chi connectivity index (χ1n) is 31.3. The van der Waals surface area contributed by atoms with Crippen LogP contribution in [0.2, 0.25) is 0 Å². The lowest BCUT2D eigenvalue weighted by molar-refractivity contribution is -0.359. The number of nitrogens with one attached hydrogen (secondary N) is 1. The predicted molar refractivity (Wildman–Crippen MR) is 327 cm³/mol. The molecular weight excluding hydrogens is 1030 g/mol. The Hall–Kier alpha value is -3.61. The molecule has 14 nitrogen and oxygen atoms in total. The Labute approximate surface area is 488 Å². The lowest BCUT2D eigenvalue weighted by Crippen LogP contribution is -2.65. The van der Waals surface area contributed by atoms with Gasteiger partial charge in [0.25, 0.3) is 0 Å². The summed E-state index contributed by atoms with van der Waals surface area (Å²) in [6.45, 7) is 2.65. The topological polar surface area (TPSA) is 228 Å². The van der Waals surface area contributed by atoms with E-state index in [1.54, 1.807) is 6.08 Å². The van der Waals surface area contributed by atoms with E-state index >= 15 is 0 Å². The van der Waals surface area contributed by atoms with Crippen molar-refractivity contribution in [2.24, 2.45) is 0 Å². The Morgan fingerprint density at radius 1 is 0.457 bits per heavy atom. The van der Waals surface area contributed by atoms with Crippen molar-refractivity contribution in [3.63, 3.8) is 0 Å². The average molecular weight is 1140 g/mol. The first-order chi connectivity index (χ1) is 39.6. The van der Waals surface area contributed by atoms with Gasteiger partial charge in [-0.3, -0.25) is 4.79 Å². The highest BCUT2D eigenvalue weighted by Crippen LogP contribution is 2.30.